The quantitative estimate of drug-likeness (QED) is 0.303. The summed E-state index contributed by atoms with van der Waals surface area (Å²) in [6.45, 7) is 8.16. The van der Waals surface area contributed by atoms with Crippen LogP contribution in [-0.2, 0) is 19.4 Å². The van der Waals surface area contributed by atoms with Crippen molar-refractivity contribution in [2.24, 2.45) is 16.6 Å². The number of nitrogens with two attached hydrogens (primary N) is 1. The van der Waals surface area contributed by atoms with E-state index in [0.29, 0.717) is 18.4 Å². The first-order valence-corrected chi connectivity index (χ1v) is 10.4. The summed E-state index contributed by atoms with van der Waals surface area (Å²) >= 11 is 1.64. The van der Waals surface area contributed by atoms with E-state index >= 15 is 0 Å². The van der Waals surface area contributed by atoms with Gasteiger partial charge in [-0.25, -0.2) is 0 Å². The van der Waals surface area contributed by atoms with Crippen LogP contribution in [0.15, 0.2) is 34.4 Å². The Morgan fingerprint density at radius 1 is 1.27 bits per heavy atom. The van der Waals surface area contributed by atoms with Crippen molar-refractivity contribution in [1.82, 2.24) is 14.8 Å². The summed E-state index contributed by atoms with van der Waals surface area (Å²) in [4.78, 5) is 4.42. The Balaban J connectivity index is 1.85. The lowest BCUT2D eigenvalue weighted by atomic mass is 10.1. The molecule has 0 unspecified atom stereocenters. The molecule has 2 aromatic rings. The molecular formula is C19H30N6S. The van der Waals surface area contributed by atoms with Gasteiger partial charge in [0.15, 0.2) is 11.1 Å². The molecule has 142 valence electrons. The minimum absolute atomic E-state index is 0.447. The van der Waals surface area contributed by atoms with E-state index < -0.39 is 0 Å². The van der Waals surface area contributed by atoms with E-state index in [1.807, 2.05) is 18.4 Å². The molecule has 1 aromatic carbocycles. The predicted octanol–water partition coefficient (Wildman–Crippen LogP) is 3.58. The summed E-state index contributed by atoms with van der Waals surface area (Å²) in [6.07, 6.45) is 4.81. The van der Waals surface area contributed by atoms with Crippen molar-refractivity contribution in [3.8, 4) is 0 Å². The maximum atomic E-state index is 5.98. The van der Waals surface area contributed by atoms with E-state index in [1.54, 1.807) is 11.8 Å². The van der Waals surface area contributed by atoms with Crippen LogP contribution in [0.3, 0.4) is 0 Å². The maximum Gasteiger partial charge on any atom is 0.193 e. The SMILES string of the molecule is CCc1ccc(NC(N)=NCCCc2nnc(SC)n2CC(C)C)cc1. The van der Waals surface area contributed by atoms with E-state index in [1.165, 1.54) is 5.56 Å². The molecule has 0 aliphatic heterocycles. The summed E-state index contributed by atoms with van der Waals surface area (Å²) in [5.74, 6) is 2.04. The lowest BCUT2D eigenvalue weighted by molar-refractivity contribution is 0.477. The second-order valence-corrected chi connectivity index (χ2v) is 7.43. The Bertz CT molecular complexity index is 705. The fraction of sp³-hybridized carbons (Fsp3) is 0.526. The van der Waals surface area contributed by atoms with Crippen LogP contribution >= 0.6 is 11.8 Å². The highest BCUT2D eigenvalue weighted by Crippen LogP contribution is 2.16. The molecule has 0 spiro atoms. The second-order valence-electron chi connectivity index (χ2n) is 6.65. The van der Waals surface area contributed by atoms with Gasteiger partial charge in [0.25, 0.3) is 0 Å². The Kier molecular flexibility index (Phi) is 7.97. The zero-order valence-corrected chi connectivity index (χ0v) is 17.0. The van der Waals surface area contributed by atoms with Crippen molar-refractivity contribution in [3.63, 3.8) is 0 Å². The van der Waals surface area contributed by atoms with Gasteiger partial charge in [0.2, 0.25) is 0 Å². The van der Waals surface area contributed by atoms with Gasteiger partial charge in [0.05, 0.1) is 0 Å². The molecule has 0 amide bonds. The van der Waals surface area contributed by atoms with Crippen molar-refractivity contribution in [2.45, 2.75) is 51.7 Å². The van der Waals surface area contributed by atoms with Gasteiger partial charge in [0.1, 0.15) is 5.82 Å². The van der Waals surface area contributed by atoms with Crippen LogP contribution in [0.4, 0.5) is 5.69 Å². The number of aromatic nitrogens is 3. The highest BCUT2D eigenvalue weighted by Gasteiger charge is 2.12. The monoisotopic (exact) mass is 374 g/mol. The molecule has 0 aliphatic carbocycles. The third kappa shape index (κ3) is 6.05. The van der Waals surface area contributed by atoms with Crippen molar-refractivity contribution in [3.05, 3.63) is 35.7 Å². The Hall–Kier alpha value is -2.02. The van der Waals surface area contributed by atoms with Crippen molar-refractivity contribution >= 4 is 23.4 Å². The third-order valence-corrected chi connectivity index (χ3v) is 4.67. The minimum atomic E-state index is 0.447. The number of benzene rings is 1. The number of hydrogen-bond acceptors (Lipinski definition) is 4. The van der Waals surface area contributed by atoms with Gasteiger partial charge in [0, 0.05) is 25.2 Å². The molecule has 2 rings (SSSR count). The number of aliphatic imine (C=N–C) groups is 1. The second kappa shape index (κ2) is 10.2. The molecule has 0 bridgehead atoms. The molecule has 0 saturated carbocycles. The lowest BCUT2D eigenvalue weighted by Crippen LogP contribution is -2.23. The van der Waals surface area contributed by atoms with Gasteiger partial charge in [-0.2, -0.15) is 0 Å². The molecule has 0 radical (unpaired) electrons. The molecule has 26 heavy (non-hydrogen) atoms. The first-order valence-electron chi connectivity index (χ1n) is 9.15. The topological polar surface area (TPSA) is 81.1 Å². The average Bonchev–Trinajstić information content (AvgIpc) is 3.00. The highest BCUT2D eigenvalue weighted by atomic mass is 32.2. The van der Waals surface area contributed by atoms with E-state index in [0.717, 1.165) is 42.5 Å². The molecular weight excluding hydrogens is 344 g/mol. The number of rotatable bonds is 9. The lowest BCUT2D eigenvalue weighted by Gasteiger charge is -2.11. The number of anilines is 1. The van der Waals surface area contributed by atoms with E-state index in [4.69, 9.17) is 5.73 Å². The summed E-state index contributed by atoms with van der Waals surface area (Å²) < 4.78 is 2.22. The first kappa shape index (κ1) is 20.3. The van der Waals surface area contributed by atoms with Crippen molar-refractivity contribution in [1.29, 1.82) is 0 Å². The van der Waals surface area contributed by atoms with Crippen molar-refractivity contribution in [2.75, 3.05) is 18.1 Å². The van der Waals surface area contributed by atoms with Gasteiger partial charge in [-0.3, -0.25) is 4.99 Å². The number of hydrogen-bond donors (Lipinski definition) is 2. The van der Waals surface area contributed by atoms with Gasteiger partial charge in [-0.1, -0.05) is 44.7 Å². The molecule has 3 N–H and O–H groups in total. The van der Waals surface area contributed by atoms with Crippen LogP contribution in [0.25, 0.3) is 0 Å². The Morgan fingerprint density at radius 3 is 2.62 bits per heavy atom. The Morgan fingerprint density at radius 2 is 2.00 bits per heavy atom. The summed E-state index contributed by atoms with van der Waals surface area (Å²) in [5.41, 5.74) is 8.25. The predicted molar refractivity (Wildman–Crippen MR) is 111 cm³/mol. The number of aryl methyl sites for hydroxylation is 2. The van der Waals surface area contributed by atoms with Crippen LogP contribution in [0.5, 0.6) is 0 Å². The van der Waals surface area contributed by atoms with Crippen LogP contribution in [0.2, 0.25) is 0 Å². The average molecular weight is 375 g/mol. The van der Waals surface area contributed by atoms with Crippen LogP contribution < -0.4 is 11.1 Å². The third-order valence-electron chi connectivity index (χ3n) is 4.00. The summed E-state index contributed by atoms with van der Waals surface area (Å²) in [5, 5.41) is 12.7. The van der Waals surface area contributed by atoms with E-state index in [-0.39, 0.29) is 0 Å². The van der Waals surface area contributed by atoms with Crippen molar-refractivity contribution < 1.29 is 0 Å². The molecule has 1 aromatic heterocycles. The van der Waals surface area contributed by atoms with Gasteiger partial charge < -0.3 is 15.6 Å². The zero-order chi connectivity index (χ0) is 18.9. The molecule has 0 fully saturated rings. The Labute approximate surface area is 160 Å². The maximum absolute atomic E-state index is 5.98. The normalized spacial score (nSPS) is 12.0. The van der Waals surface area contributed by atoms with Crippen LogP contribution in [0.1, 0.15) is 38.6 Å². The number of nitrogens with one attached hydrogen (secondary N) is 1. The van der Waals surface area contributed by atoms with Crippen LogP contribution in [-0.4, -0.2) is 33.5 Å². The first-order chi connectivity index (χ1) is 12.5. The largest absolute Gasteiger partial charge is 0.370 e. The summed E-state index contributed by atoms with van der Waals surface area (Å²) in [7, 11) is 0. The van der Waals surface area contributed by atoms with Gasteiger partial charge >= 0.3 is 0 Å². The van der Waals surface area contributed by atoms with Crippen LogP contribution in [0, 0.1) is 5.92 Å². The molecule has 0 atom stereocenters. The fourth-order valence-corrected chi connectivity index (χ4v) is 3.17. The number of nitrogens with zero attached hydrogens (tertiary/aromatic N) is 4. The molecule has 7 heteroatoms. The standard InChI is InChI=1S/C19H30N6S/c1-5-15-8-10-16(11-9-15)22-18(20)21-12-6-7-17-23-24-19(26-4)25(17)13-14(2)3/h8-11,14H,5-7,12-13H2,1-4H3,(H3,20,21,22). The number of guanidine groups is 1. The van der Waals surface area contributed by atoms with E-state index in [9.17, 15) is 0 Å². The highest BCUT2D eigenvalue weighted by molar-refractivity contribution is 7.98. The molecule has 1 heterocycles. The molecule has 0 saturated heterocycles. The smallest absolute Gasteiger partial charge is 0.193 e. The minimum Gasteiger partial charge on any atom is -0.370 e. The fourth-order valence-electron chi connectivity index (χ4n) is 2.65. The van der Waals surface area contributed by atoms with E-state index in [2.05, 4.69) is 58.0 Å². The molecule has 0 aliphatic rings. The summed E-state index contributed by atoms with van der Waals surface area (Å²) in [6, 6.07) is 8.25. The molecule has 6 nitrogen and oxygen atoms in total. The van der Waals surface area contributed by atoms with Gasteiger partial charge in [-0.15, -0.1) is 10.2 Å². The zero-order valence-electron chi connectivity index (χ0n) is 16.2. The van der Waals surface area contributed by atoms with Gasteiger partial charge in [-0.05, 0) is 42.7 Å². The number of thioether (sulfide) groups is 1.